The first-order valence-electron chi connectivity index (χ1n) is 14.0. The number of urea groups is 1. The number of nitrogens with zero attached hydrogens (tertiary/aromatic N) is 2. The van der Waals surface area contributed by atoms with E-state index in [9.17, 15) is 14.4 Å². The Morgan fingerprint density at radius 3 is 2.40 bits per heavy atom. The van der Waals surface area contributed by atoms with E-state index in [-0.39, 0.29) is 17.4 Å². The molecule has 4 aromatic rings. The van der Waals surface area contributed by atoms with Gasteiger partial charge < -0.3 is 20.1 Å². The fourth-order valence-electron chi connectivity index (χ4n) is 4.55. The summed E-state index contributed by atoms with van der Waals surface area (Å²) in [6.45, 7) is 8.63. The minimum absolute atomic E-state index is 0.0244. The van der Waals surface area contributed by atoms with Crippen LogP contribution in [0, 0.1) is 6.92 Å². The Bertz CT molecular complexity index is 1600. The molecular weight excluding hydrogens is 532 g/mol. The first kappa shape index (κ1) is 30.0. The Morgan fingerprint density at radius 2 is 1.69 bits per heavy atom. The number of benzene rings is 3. The van der Waals surface area contributed by atoms with Gasteiger partial charge in [0, 0.05) is 11.9 Å². The zero-order valence-corrected chi connectivity index (χ0v) is 24.3. The molecule has 1 heterocycles. The first-order chi connectivity index (χ1) is 20.3. The third-order valence-electron chi connectivity index (χ3n) is 6.81. The maximum absolute atomic E-state index is 13.4. The van der Waals surface area contributed by atoms with E-state index in [1.54, 1.807) is 29.7 Å². The number of ether oxygens (including phenoxy) is 2. The van der Waals surface area contributed by atoms with Gasteiger partial charge in [-0.25, -0.2) is 9.78 Å². The van der Waals surface area contributed by atoms with Gasteiger partial charge in [-0.1, -0.05) is 55.5 Å². The van der Waals surface area contributed by atoms with Crippen molar-refractivity contribution in [2.75, 3.05) is 23.8 Å². The van der Waals surface area contributed by atoms with E-state index in [2.05, 4.69) is 15.6 Å². The highest BCUT2D eigenvalue weighted by Gasteiger charge is 2.15. The Kier molecular flexibility index (Phi) is 10.1. The zero-order chi connectivity index (χ0) is 30.1. The number of carbonyl (C=O) groups is 2. The van der Waals surface area contributed by atoms with E-state index in [0.29, 0.717) is 54.4 Å². The average molecular weight is 569 g/mol. The molecule has 0 aliphatic rings. The van der Waals surface area contributed by atoms with Gasteiger partial charge in [-0.15, -0.1) is 0 Å². The third-order valence-corrected chi connectivity index (χ3v) is 6.81. The number of anilines is 2. The van der Waals surface area contributed by atoms with Crippen LogP contribution in [0.4, 0.5) is 16.2 Å². The highest BCUT2D eigenvalue weighted by molar-refractivity contribution is 6.01. The molecule has 9 heteroatoms. The standard InChI is InChI=1S/C33H36N4O5/c1-5-41-30-18-26(15-16-29(30)36-33(40)35-28-10-8-7-9-22(28)3)27-19-34-21-37(32(27)39)20-24-11-13-25(14-12-24)23(4)17-31(38)42-6-2/h7-16,18-19,21,23H,5-6,17,20H2,1-4H3,(H2,35,36,40)/t23-/m1/s1. The molecule has 0 spiro atoms. The van der Waals surface area contributed by atoms with E-state index in [1.807, 2.05) is 69.3 Å². The summed E-state index contributed by atoms with van der Waals surface area (Å²) in [6, 6.07) is 20.1. The van der Waals surface area contributed by atoms with Gasteiger partial charge in [0.15, 0.2) is 0 Å². The molecule has 0 radical (unpaired) electrons. The molecular formula is C33H36N4O5. The highest BCUT2D eigenvalue weighted by atomic mass is 16.5. The lowest BCUT2D eigenvalue weighted by atomic mass is 9.97. The van der Waals surface area contributed by atoms with Crippen molar-refractivity contribution in [2.45, 2.75) is 46.6 Å². The molecule has 0 saturated carbocycles. The predicted molar refractivity (Wildman–Crippen MR) is 164 cm³/mol. The van der Waals surface area contributed by atoms with E-state index >= 15 is 0 Å². The van der Waals surface area contributed by atoms with E-state index in [1.165, 1.54) is 12.5 Å². The number of hydrogen-bond donors (Lipinski definition) is 2. The largest absolute Gasteiger partial charge is 0.492 e. The maximum atomic E-state index is 13.4. The Morgan fingerprint density at radius 1 is 0.952 bits per heavy atom. The smallest absolute Gasteiger partial charge is 0.323 e. The van der Waals surface area contributed by atoms with Crippen LogP contribution in [0.2, 0.25) is 0 Å². The minimum Gasteiger partial charge on any atom is -0.492 e. The van der Waals surface area contributed by atoms with Crippen LogP contribution in [0.15, 0.2) is 84.0 Å². The van der Waals surface area contributed by atoms with Crippen LogP contribution < -0.4 is 20.9 Å². The van der Waals surface area contributed by atoms with E-state index in [4.69, 9.17) is 9.47 Å². The van der Waals surface area contributed by atoms with Crippen molar-refractivity contribution >= 4 is 23.4 Å². The van der Waals surface area contributed by atoms with Crippen molar-refractivity contribution < 1.29 is 19.1 Å². The van der Waals surface area contributed by atoms with Crippen LogP contribution >= 0.6 is 0 Å². The van der Waals surface area contributed by atoms with Crippen molar-refractivity contribution in [1.82, 2.24) is 9.55 Å². The molecule has 2 N–H and O–H groups in total. The second-order valence-corrected chi connectivity index (χ2v) is 9.93. The van der Waals surface area contributed by atoms with Crippen LogP contribution in [-0.2, 0) is 16.1 Å². The van der Waals surface area contributed by atoms with Gasteiger partial charge in [-0.05, 0) is 67.1 Å². The van der Waals surface area contributed by atoms with Crippen molar-refractivity contribution in [3.8, 4) is 16.9 Å². The summed E-state index contributed by atoms with van der Waals surface area (Å²) in [5.41, 5.74) is 4.92. The zero-order valence-electron chi connectivity index (χ0n) is 24.3. The van der Waals surface area contributed by atoms with Gasteiger partial charge in [0.25, 0.3) is 5.56 Å². The number of rotatable bonds is 11. The van der Waals surface area contributed by atoms with Crippen LogP contribution in [0.1, 0.15) is 49.8 Å². The van der Waals surface area contributed by atoms with E-state index < -0.39 is 6.03 Å². The van der Waals surface area contributed by atoms with E-state index in [0.717, 1.165) is 16.7 Å². The Balaban J connectivity index is 1.50. The second kappa shape index (κ2) is 14.1. The minimum atomic E-state index is -0.400. The molecule has 2 amide bonds. The number of aryl methyl sites for hydroxylation is 1. The normalized spacial score (nSPS) is 11.4. The van der Waals surface area contributed by atoms with Crippen molar-refractivity contribution in [3.05, 3.63) is 106 Å². The van der Waals surface area contributed by atoms with Crippen LogP contribution in [0.3, 0.4) is 0 Å². The molecule has 218 valence electrons. The topological polar surface area (TPSA) is 112 Å². The molecule has 0 aliphatic heterocycles. The SMILES string of the molecule is CCOC(=O)C[C@@H](C)c1ccc(Cn2cncc(-c3ccc(NC(=O)Nc4ccccc4C)c(OCC)c3)c2=O)cc1. The maximum Gasteiger partial charge on any atom is 0.323 e. The van der Waals surface area contributed by atoms with Crippen molar-refractivity contribution in [3.63, 3.8) is 0 Å². The number of aromatic nitrogens is 2. The monoisotopic (exact) mass is 568 g/mol. The fourth-order valence-corrected chi connectivity index (χ4v) is 4.55. The third kappa shape index (κ3) is 7.63. The van der Waals surface area contributed by atoms with Gasteiger partial charge in [-0.2, -0.15) is 0 Å². The number of nitrogens with one attached hydrogen (secondary N) is 2. The molecule has 0 saturated heterocycles. The summed E-state index contributed by atoms with van der Waals surface area (Å²) in [7, 11) is 0. The molecule has 1 atom stereocenters. The quantitative estimate of drug-likeness (QED) is 0.204. The van der Waals surface area contributed by atoms with Gasteiger partial charge >= 0.3 is 12.0 Å². The first-order valence-corrected chi connectivity index (χ1v) is 14.0. The Labute approximate surface area is 245 Å². The van der Waals surface area contributed by atoms with Gasteiger partial charge in [0.05, 0.1) is 43.8 Å². The molecule has 9 nitrogen and oxygen atoms in total. The predicted octanol–water partition coefficient (Wildman–Crippen LogP) is 6.37. The second-order valence-electron chi connectivity index (χ2n) is 9.93. The van der Waals surface area contributed by atoms with Crippen LogP contribution in [0.25, 0.3) is 11.1 Å². The highest BCUT2D eigenvalue weighted by Crippen LogP contribution is 2.30. The molecule has 0 unspecified atom stereocenters. The fraction of sp³-hybridized carbons (Fsp3) is 0.273. The molecule has 0 bridgehead atoms. The van der Waals surface area contributed by atoms with Crippen LogP contribution in [-0.4, -0.2) is 34.8 Å². The summed E-state index contributed by atoms with van der Waals surface area (Å²) in [4.78, 5) is 42.3. The molecule has 1 aromatic heterocycles. The lowest BCUT2D eigenvalue weighted by Gasteiger charge is -2.15. The number of hydrogen-bond acceptors (Lipinski definition) is 6. The molecule has 0 aliphatic carbocycles. The lowest BCUT2D eigenvalue weighted by Crippen LogP contribution is -2.22. The van der Waals surface area contributed by atoms with Crippen molar-refractivity contribution in [1.29, 1.82) is 0 Å². The number of esters is 1. The van der Waals surface area contributed by atoms with Gasteiger partial charge in [0.2, 0.25) is 0 Å². The van der Waals surface area contributed by atoms with Gasteiger partial charge in [-0.3, -0.25) is 14.2 Å². The Hall–Kier alpha value is -4.92. The van der Waals surface area contributed by atoms with Crippen molar-refractivity contribution in [2.24, 2.45) is 0 Å². The summed E-state index contributed by atoms with van der Waals surface area (Å²) in [6.07, 6.45) is 3.36. The molecule has 3 aromatic carbocycles. The summed E-state index contributed by atoms with van der Waals surface area (Å²) >= 11 is 0. The van der Waals surface area contributed by atoms with Gasteiger partial charge in [0.1, 0.15) is 5.75 Å². The van der Waals surface area contributed by atoms with Crippen LogP contribution in [0.5, 0.6) is 5.75 Å². The number of amides is 2. The lowest BCUT2D eigenvalue weighted by molar-refractivity contribution is -0.143. The number of carbonyl (C=O) groups excluding carboxylic acids is 2. The summed E-state index contributed by atoms with van der Waals surface area (Å²) < 4.78 is 12.4. The molecule has 4 rings (SSSR count). The summed E-state index contributed by atoms with van der Waals surface area (Å²) in [5.74, 6) is 0.249. The molecule has 42 heavy (non-hydrogen) atoms. The molecule has 0 fully saturated rings. The number of para-hydroxylation sites is 1. The summed E-state index contributed by atoms with van der Waals surface area (Å²) in [5, 5.41) is 5.68. The average Bonchev–Trinajstić information content (AvgIpc) is 2.97.